The minimum atomic E-state index is -3.47. The topological polar surface area (TPSA) is 611 Å². The number of nitrogens with one attached hydrogen (secondary N) is 1. The average Bonchev–Trinajstić information content (AvgIpc) is 3.32. The summed E-state index contributed by atoms with van der Waals surface area (Å²) in [6.07, 6.45) is -66.8. The third-order valence-electron chi connectivity index (χ3n) is 15.2. The van der Waals surface area contributed by atoms with Gasteiger partial charge in [0.2, 0.25) is 5.91 Å². The largest absolute Gasteiger partial charge is 0.477 e. The number of rotatable bonds is 23. The lowest BCUT2D eigenvalue weighted by molar-refractivity contribution is -0.393. The zero-order valence-corrected chi connectivity index (χ0v) is 43.7. The fraction of sp³-hybridized carbons (Fsp3) is 0.956. The maximum absolute atomic E-state index is 13.8. The fourth-order valence-electron chi connectivity index (χ4n) is 10.6. The Kier molecular flexibility index (Phi) is 23.6. The van der Waals surface area contributed by atoms with Crippen molar-refractivity contribution in [1.82, 2.24) is 5.32 Å². The molecule has 0 bridgehead atoms. The van der Waals surface area contributed by atoms with Crippen molar-refractivity contribution in [3.05, 3.63) is 0 Å². The Hall–Kier alpha value is -2.42. The normalized spacial score (nSPS) is 49.5. The zero-order valence-electron chi connectivity index (χ0n) is 43.7. The molecule has 7 aliphatic rings. The summed E-state index contributed by atoms with van der Waals surface area (Å²) in [6.45, 7) is -6.31. The van der Waals surface area contributed by atoms with Gasteiger partial charge in [-0.2, -0.15) is 0 Å². The molecule has 0 aromatic heterocycles. The molecule has 38 nitrogen and oxygen atoms in total. The molecule has 7 aliphatic heterocycles. The molecular formula is C45H75NO37. The third-order valence-corrected chi connectivity index (χ3v) is 15.2. The second-order valence-electron chi connectivity index (χ2n) is 20.8. The average molecular weight is 1220 g/mol. The summed E-state index contributed by atoms with van der Waals surface area (Å²) in [7, 11) is 0. The summed E-state index contributed by atoms with van der Waals surface area (Å²) in [5.41, 5.74) is 0. The van der Waals surface area contributed by atoms with Crippen molar-refractivity contribution >= 4 is 11.9 Å². The van der Waals surface area contributed by atoms with E-state index in [4.69, 9.17) is 61.6 Å². The molecule has 0 radical (unpaired) electrons. The lowest BCUT2D eigenvalue weighted by Gasteiger charge is -2.52. The first kappa shape index (κ1) is 68.1. The van der Waals surface area contributed by atoms with Crippen molar-refractivity contribution in [3.8, 4) is 0 Å². The van der Waals surface area contributed by atoms with Gasteiger partial charge < -0.3 is 179 Å². The van der Waals surface area contributed by atoms with Gasteiger partial charge in [0.1, 0.15) is 153 Å². The molecule has 7 heterocycles. The second-order valence-corrected chi connectivity index (χ2v) is 20.8. The Balaban J connectivity index is 1.23. The first-order chi connectivity index (χ1) is 39.2. The lowest BCUT2D eigenvalue weighted by Crippen LogP contribution is -2.72. The number of carbonyl (C=O) groups excluding carboxylic acids is 1. The highest BCUT2D eigenvalue weighted by Gasteiger charge is 2.63. The summed E-state index contributed by atoms with van der Waals surface area (Å²) in [6, 6.07) is -1.98. The molecule has 482 valence electrons. The van der Waals surface area contributed by atoms with Crippen molar-refractivity contribution in [1.29, 1.82) is 0 Å². The van der Waals surface area contributed by atoms with E-state index in [0.717, 1.165) is 6.92 Å². The van der Waals surface area contributed by atoms with Crippen LogP contribution in [0.15, 0.2) is 0 Å². The van der Waals surface area contributed by atoms with E-state index in [1.807, 2.05) is 0 Å². The molecular weight excluding hydrogens is 1150 g/mol. The highest BCUT2D eigenvalue weighted by atomic mass is 16.8. The molecule has 0 aromatic rings. The quantitative estimate of drug-likeness (QED) is 0.0452. The molecule has 1 amide bonds. The van der Waals surface area contributed by atoms with Gasteiger partial charge in [0.05, 0.1) is 58.4 Å². The maximum atomic E-state index is 13.8. The van der Waals surface area contributed by atoms with Gasteiger partial charge in [-0.15, -0.1) is 0 Å². The van der Waals surface area contributed by atoms with E-state index in [1.165, 1.54) is 0 Å². The standard InChI is InChI=1S/C45H75NO37/c1-10(53)46-19-12(2-45(44(69)70,82-34(19)20(55)11(54)3-47)83-37-24(59)16(7-51)77-43(32(37)67)79-33-17(8-52)72-38(68)27(62)26(33)61)73-42-31(66)36(81-41-29(64)22(57)14(5-49)76-41)25(60)18(78-42)9-71-39-30(65)35(23(58)15(6-50)74-39)80-40-28(63)21(56)13(4-48)75-40/h11-43,47-52,54-68H,2-9H2,1H3,(H,46,53)(H,69,70)/t11-,12+,13+,14+,15-,16-,17-,18-,19-,20-,21+,22+,23+,24+,25+,26-,27-,28-,29-,30-,31-,32-,33-,34-,35+,36+,37+,38-,39+,40+,41+,42+,43+,45+/m1/s1. The molecule has 0 aromatic carbocycles. The maximum Gasteiger partial charge on any atom is 0.364 e. The van der Waals surface area contributed by atoms with Crippen LogP contribution in [0.25, 0.3) is 0 Å². The van der Waals surface area contributed by atoms with Crippen molar-refractivity contribution in [2.24, 2.45) is 0 Å². The molecule has 34 atom stereocenters. The molecule has 0 aliphatic carbocycles. The number of aliphatic hydroxyl groups excluding tert-OH is 21. The van der Waals surface area contributed by atoms with Crippen LogP contribution in [0.2, 0.25) is 0 Å². The van der Waals surface area contributed by atoms with Crippen LogP contribution >= 0.6 is 0 Å². The number of carboxylic acids is 1. The minimum absolute atomic E-state index is 0.803. The van der Waals surface area contributed by atoms with E-state index >= 15 is 0 Å². The van der Waals surface area contributed by atoms with Crippen LogP contribution in [0, 0.1) is 0 Å². The van der Waals surface area contributed by atoms with Crippen molar-refractivity contribution in [2.75, 3.05) is 46.2 Å². The van der Waals surface area contributed by atoms with E-state index in [0.29, 0.717) is 0 Å². The summed E-state index contributed by atoms with van der Waals surface area (Å²) >= 11 is 0. The monoisotopic (exact) mass is 1220 g/mol. The SMILES string of the molecule is CC(=O)N[C@H]1[C@H]([C@H](O)[C@H](O)CO)O[C@@](O[C@H]2[C@@H](O)[C@@H](CO)O[C@@H](O[C@H]3[C@H](O)[C@@H](O)[C@H](O)O[C@@H]3CO)[C@@H]2O)(C(=O)O)C[C@@H]1O[C@H]1O[C@H](CO[C@H]2O[C@H](CO)[C@H](O)[C@H](O[C@@H]3O[C@@H](CO)[C@H](O)[C@H]3O)[C@H]2O)[C@H](O)[C@H](O[C@@H]2O[C@@H](CO)[C@H](O)[C@H]2O)[C@H]1O. The predicted octanol–water partition coefficient (Wildman–Crippen LogP) is -15.6. The zero-order chi connectivity index (χ0) is 61.3. The van der Waals surface area contributed by atoms with Crippen molar-refractivity contribution in [3.63, 3.8) is 0 Å². The second kappa shape index (κ2) is 28.8. The number of aliphatic carboxylic acids is 1. The number of aliphatic hydroxyl groups is 21. The number of carboxylic acid groups (broad SMARTS) is 1. The van der Waals surface area contributed by atoms with Gasteiger partial charge >= 0.3 is 5.97 Å². The van der Waals surface area contributed by atoms with E-state index in [2.05, 4.69) is 5.32 Å². The number of ether oxygens (including phenoxy) is 13. The Bertz CT molecular complexity index is 2060. The minimum Gasteiger partial charge on any atom is -0.477 e. The third kappa shape index (κ3) is 14.2. The van der Waals surface area contributed by atoms with E-state index in [1.54, 1.807) is 0 Å². The van der Waals surface area contributed by atoms with Crippen LogP contribution < -0.4 is 5.32 Å². The predicted molar refractivity (Wildman–Crippen MR) is 249 cm³/mol. The van der Waals surface area contributed by atoms with Gasteiger partial charge in [-0.1, -0.05) is 0 Å². The molecule has 7 saturated heterocycles. The van der Waals surface area contributed by atoms with Crippen LogP contribution in [-0.2, 0) is 71.2 Å². The van der Waals surface area contributed by atoms with Crippen LogP contribution in [0.1, 0.15) is 13.3 Å². The number of amides is 1. The Morgan fingerprint density at radius 1 is 0.494 bits per heavy atom. The summed E-state index contributed by atoms with van der Waals surface area (Å²) < 4.78 is 73.5. The van der Waals surface area contributed by atoms with E-state index < -0.39 is 273 Å². The molecule has 7 fully saturated rings. The van der Waals surface area contributed by atoms with Crippen molar-refractivity contribution in [2.45, 2.75) is 222 Å². The van der Waals surface area contributed by atoms with Crippen molar-refractivity contribution < 1.29 is 184 Å². The summed E-state index contributed by atoms with van der Waals surface area (Å²) in [5, 5.41) is 238. The van der Waals surface area contributed by atoms with Gasteiger partial charge in [-0.25, -0.2) is 4.79 Å². The number of carbonyl (C=O) groups is 2. The molecule has 7 rings (SSSR count). The van der Waals surface area contributed by atoms with Crippen LogP contribution in [0.3, 0.4) is 0 Å². The Morgan fingerprint density at radius 3 is 1.40 bits per heavy atom. The summed E-state index contributed by atoms with van der Waals surface area (Å²) in [4.78, 5) is 26.7. The first-order valence-electron chi connectivity index (χ1n) is 26.1. The van der Waals surface area contributed by atoms with Crippen LogP contribution in [0.5, 0.6) is 0 Å². The van der Waals surface area contributed by atoms with Gasteiger partial charge in [0.15, 0.2) is 37.7 Å². The number of hydrogen-bond donors (Lipinski definition) is 23. The highest BCUT2D eigenvalue weighted by molar-refractivity contribution is 5.76. The molecule has 38 heteroatoms. The molecule has 0 unspecified atom stereocenters. The molecule has 0 saturated carbocycles. The molecule has 0 spiro atoms. The van der Waals surface area contributed by atoms with Gasteiger partial charge in [0, 0.05) is 13.3 Å². The molecule has 23 N–H and O–H groups in total. The Morgan fingerprint density at radius 2 is 0.916 bits per heavy atom. The van der Waals surface area contributed by atoms with Gasteiger partial charge in [-0.3, -0.25) is 4.79 Å². The smallest absolute Gasteiger partial charge is 0.364 e. The highest BCUT2D eigenvalue weighted by Crippen LogP contribution is 2.42. The lowest BCUT2D eigenvalue weighted by atomic mass is 9.87. The van der Waals surface area contributed by atoms with E-state index in [-0.39, 0.29) is 0 Å². The fourth-order valence-corrected chi connectivity index (χ4v) is 10.6. The van der Waals surface area contributed by atoms with E-state index in [9.17, 15) is 122 Å². The van der Waals surface area contributed by atoms with Gasteiger partial charge in [-0.05, 0) is 0 Å². The Labute approximate surface area is 468 Å². The first-order valence-corrected chi connectivity index (χ1v) is 26.1. The number of hydrogen-bond acceptors (Lipinski definition) is 36. The summed E-state index contributed by atoms with van der Waals surface area (Å²) in [5.74, 6) is -6.70. The van der Waals surface area contributed by atoms with Gasteiger partial charge in [0.25, 0.3) is 5.79 Å². The van der Waals surface area contributed by atoms with Crippen LogP contribution in [-0.4, -0.2) is 379 Å². The van der Waals surface area contributed by atoms with Crippen LogP contribution in [0.4, 0.5) is 0 Å². The molecule has 83 heavy (non-hydrogen) atoms.